The van der Waals surface area contributed by atoms with Crippen molar-refractivity contribution in [2.45, 2.75) is 24.8 Å². The summed E-state index contributed by atoms with van der Waals surface area (Å²) in [6.45, 7) is 3.36. The third-order valence-corrected chi connectivity index (χ3v) is 6.65. The Kier molecular flexibility index (Phi) is 5.67. The molecule has 164 valence electrons. The maximum Gasteiger partial charge on any atom is 0.262 e. The second-order valence-corrected chi connectivity index (χ2v) is 9.02. The van der Waals surface area contributed by atoms with Gasteiger partial charge in [0, 0.05) is 5.69 Å². The molecule has 0 aliphatic rings. The van der Waals surface area contributed by atoms with E-state index < -0.39 is 21.9 Å². The van der Waals surface area contributed by atoms with E-state index in [4.69, 9.17) is 0 Å². The molecule has 0 fully saturated rings. The molecule has 4 aromatic rings. The van der Waals surface area contributed by atoms with Gasteiger partial charge in [-0.1, -0.05) is 30.3 Å². The number of nitrogens with zero attached hydrogens (tertiary/aromatic N) is 2. The van der Waals surface area contributed by atoms with Crippen LogP contribution in [-0.4, -0.2) is 23.9 Å². The number of sulfonamides is 1. The van der Waals surface area contributed by atoms with Crippen LogP contribution in [0, 0.1) is 12.7 Å². The molecule has 32 heavy (non-hydrogen) atoms. The summed E-state index contributed by atoms with van der Waals surface area (Å²) in [5, 5.41) is 2.76. The molecule has 0 bridgehead atoms. The topological polar surface area (TPSA) is 93.1 Å². The van der Waals surface area contributed by atoms with Crippen LogP contribution in [0.5, 0.6) is 0 Å². The molecule has 2 N–H and O–H groups in total. The van der Waals surface area contributed by atoms with Crippen molar-refractivity contribution < 1.29 is 17.6 Å². The van der Waals surface area contributed by atoms with Crippen molar-refractivity contribution in [2.24, 2.45) is 0 Å². The summed E-state index contributed by atoms with van der Waals surface area (Å²) in [5.41, 5.74) is 2.21. The summed E-state index contributed by atoms with van der Waals surface area (Å²) in [6, 6.07) is 17.0. The quantitative estimate of drug-likeness (QED) is 0.451. The van der Waals surface area contributed by atoms with Gasteiger partial charge in [-0.2, -0.15) is 0 Å². The number of imidazole rings is 1. The molecule has 0 spiro atoms. The fraction of sp³-hybridized carbons (Fsp3) is 0.130. The molecule has 7 nitrogen and oxygen atoms in total. The first-order chi connectivity index (χ1) is 15.3. The summed E-state index contributed by atoms with van der Waals surface area (Å²) >= 11 is 0. The number of halogens is 1. The van der Waals surface area contributed by atoms with E-state index in [2.05, 4.69) is 15.0 Å². The average Bonchev–Trinajstić information content (AvgIpc) is 3.20. The second kappa shape index (κ2) is 8.43. The smallest absolute Gasteiger partial charge is 0.262 e. The third-order valence-electron chi connectivity index (χ3n) is 5.14. The summed E-state index contributed by atoms with van der Waals surface area (Å²) in [6.07, 6.45) is 1.60. The molecule has 0 radical (unpaired) electrons. The summed E-state index contributed by atoms with van der Waals surface area (Å²) in [4.78, 5) is 17.1. The molecular formula is C23H21FN4O3S. The fourth-order valence-electron chi connectivity index (χ4n) is 3.37. The Bertz CT molecular complexity index is 1420. The van der Waals surface area contributed by atoms with E-state index in [0.29, 0.717) is 11.3 Å². The molecule has 1 heterocycles. The lowest BCUT2D eigenvalue weighted by Gasteiger charge is -2.16. The molecular weight excluding hydrogens is 431 g/mol. The lowest BCUT2D eigenvalue weighted by molar-refractivity contribution is -0.118. The third kappa shape index (κ3) is 4.19. The van der Waals surface area contributed by atoms with Crippen LogP contribution in [0.2, 0.25) is 0 Å². The van der Waals surface area contributed by atoms with E-state index in [0.717, 1.165) is 11.0 Å². The predicted molar refractivity (Wildman–Crippen MR) is 121 cm³/mol. The van der Waals surface area contributed by atoms with E-state index in [-0.39, 0.29) is 16.5 Å². The molecule has 0 aliphatic carbocycles. The molecule has 0 saturated carbocycles. The minimum atomic E-state index is -4.07. The number of carbonyl (C=O) groups excluding carboxylic acids is 1. The first-order valence-corrected chi connectivity index (χ1v) is 11.3. The molecule has 1 atom stereocenters. The zero-order valence-corrected chi connectivity index (χ0v) is 18.2. The highest BCUT2D eigenvalue weighted by Gasteiger charge is 2.21. The Morgan fingerprint density at radius 2 is 1.78 bits per heavy atom. The summed E-state index contributed by atoms with van der Waals surface area (Å²) < 4.78 is 43.7. The minimum absolute atomic E-state index is 0.0562. The second-order valence-electron chi connectivity index (χ2n) is 7.37. The van der Waals surface area contributed by atoms with Gasteiger partial charge in [0.25, 0.3) is 10.0 Å². The van der Waals surface area contributed by atoms with Crippen LogP contribution in [0.1, 0.15) is 18.5 Å². The van der Waals surface area contributed by atoms with Crippen molar-refractivity contribution in [3.05, 3.63) is 84.4 Å². The minimum Gasteiger partial charge on any atom is -0.324 e. The van der Waals surface area contributed by atoms with E-state index in [1.54, 1.807) is 36.9 Å². The number of carbonyl (C=O) groups is 1. The molecule has 4 rings (SSSR count). The normalized spacial score (nSPS) is 12.5. The van der Waals surface area contributed by atoms with Crippen molar-refractivity contribution in [2.75, 3.05) is 10.0 Å². The molecule has 9 heteroatoms. The van der Waals surface area contributed by atoms with Gasteiger partial charge in [-0.15, -0.1) is 0 Å². The highest BCUT2D eigenvalue weighted by Crippen LogP contribution is 2.25. The monoisotopic (exact) mass is 452 g/mol. The first-order valence-electron chi connectivity index (χ1n) is 9.87. The molecule has 1 amide bonds. The predicted octanol–water partition coefficient (Wildman–Crippen LogP) is 4.48. The Morgan fingerprint density at radius 1 is 1.06 bits per heavy atom. The zero-order valence-electron chi connectivity index (χ0n) is 17.4. The summed E-state index contributed by atoms with van der Waals surface area (Å²) in [5.74, 6) is -1.01. The number of aryl methyl sites for hydroxylation is 1. The molecule has 0 saturated heterocycles. The standard InChI is InChI=1S/C23H21FN4O3S/c1-15-11-12-17(13-22(15)32(30,31)27-19-8-4-3-7-18(19)24)26-23(29)16(2)28-14-25-20-9-5-6-10-21(20)28/h3-14,16,27H,1-2H3,(H,26,29). The Hall–Kier alpha value is -3.72. The number of para-hydroxylation sites is 3. The largest absolute Gasteiger partial charge is 0.324 e. The molecule has 0 aliphatic heterocycles. The molecule has 3 aromatic carbocycles. The summed E-state index contributed by atoms with van der Waals surface area (Å²) in [7, 11) is -4.07. The number of hydrogen-bond acceptors (Lipinski definition) is 4. The number of rotatable bonds is 6. The van der Waals surface area contributed by atoms with Gasteiger partial charge < -0.3 is 9.88 Å². The van der Waals surface area contributed by atoms with Gasteiger partial charge in [0.1, 0.15) is 11.9 Å². The van der Waals surface area contributed by atoms with E-state index in [9.17, 15) is 17.6 Å². The Morgan fingerprint density at radius 3 is 2.56 bits per heavy atom. The Labute approximate surface area is 185 Å². The fourth-order valence-corrected chi connectivity index (χ4v) is 4.71. The van der Waals surface area contributed by atoms with E-state index >= 15 is 0 Å². The van der Waals surface area contributed by atoms with E-state index in [1.165, 1.54) is 30.3 Å². The van der Waals surface area contributed by atoms with Gasteiger partial charge in [-0.05, 0) is 55.8 Å². The van der Waals surface area contributed by atoms with Gasteiger partial charge >= 0.3 is 0 Å². The number of benzene rings is 3. The highest BCUT2D eigenvalue weighted by atomic mass is 32.2. The van der Waals surface area contributed by atoms with Crippen molar-refractivity contribution in [1.82, 2.24) is 9.55 Å². The number of hydrogen-bond donors (Lipinski definition) is 2. The van der Waals surface area contributed by atoms with Crippen molar-refractivity contribution >= 4 is 38.3 Å². The van der Waals surface area contributed by atoms with Crippen LogP contribution in [0.25, 0.3) is 11.0 Å². The number of nitrogens with one attached hydrogen (secondary N) is 2. The van der Waals surface area contributed by atoms with Crippen LogP contribution >= 0.6 is 0 Å². The van der Waals surface area contributed by atoms with Gasteiger partial charge in [0.2, 0.25) is 5.91 Å². The number of aromatic nitrogens is 2. The van der Waals surface area contributed by atoms with Crippen molar-refractivity contribution in [1.29, 1.82) is 0 Å². The van der Waals surface area contributed by atoms with Gasteiger partial charge in [0.05, 0.1) is 27.9 Å². The molecule has 1 aromatic heterocycles. The van der Waals surface area contributed by atoms with Crippen LogP contribution in [0.3, 0.4) is 0 Å². The van der Waals surface area contributed by atoms with Gasteiger partial charge in [-0.25, -0.2) is 17.8 Å². The van der Waals surface area contributed by atoms with Crippen LogP contribution in [0.15, 0.2) is 78.0 Å². The van der Waals surface area contributed by atoms with Gasteiger partial charge in [-0.3, -0.25) is 9.52 Å². The zero-order chi connectivity index (χ0) is 22.9. The number of fused-ring (bicyclic) bond motifs is 1. The van der Waals surface area contributed by atoms with Crippen molar-refractivity contribution in [3.63, 3.8) is 0 Å². The van der Waals surface area contributed by atoms with Gasteiger partial charge in [0.15, 0.2) is 0 Å². The Balaban J connectivity index is 1.58. The average molecular weight is 453 g/mol. The van der Waals surface area contributed by atoms with Crippen LogP contribution in [0.4, 0.5) is 15.8 Å². The highest BCUT2D eigenvalue weighted by molar-refractivity contribution is 7.92. The van der Waals surface area contributed by atoms with Crippen LogP contribution < -0.4 is 10.0 Å². The number of anilines is 2. The maximum atomic E-state index is 13.9. The first kappa shape index (κ1) is 21.5. The lowest BCUT2D eigenvalue weighted by Crippen LogP contribution is -2.23. The maximum absolute atomic E-state index is 13.9. The molecule has 1 unspecified atom stereocenters. The SMILES string of the molecule is Cc1ccc(NC(=O)C(C)n2cnc3ccccc32)cc1S(=O)(=O)Nc1ccccc1F. The lowest BCUT2D eigenvalue weighted by atomic mass is 10.2. The number of amides is 1. The van der Waals surface area contributed by atoms with Crippen molar-refractivity contribution in [3.8, 4) is 0 Å². The van der Waals surface area contributed by atoms with Crippen LogP contribution in [-0.2, 0) is 14.8 Å². The van der Waals surface area contributed by atoms with E-state index in [1.807, 2.05) is 24.3 Å².